The second-order valence-corrected chi connectivity index (χ2v) is 3.43. The van der Waals surface area contributed by atoms with Crippen molar-refractivity contribution >= 4 is 0 Å². The van der Waals surface area contributed by atoms with Crippen LogP contribution in [0.25, 0.3) is 0 Å². The van der Waals surface area contributed by atoms with Crippen molar-refractivity contribution < 1.29 is 0 Å². The summed E-state index contributed by atoms with van der Waals surface area (Å²) in [5.74, 6) is 0. The monoisotopic (exact) mass is 152 g/mol. The molecule has 2 heterocycles. The average Bonchev–Trinajstić information content (AvgIpc) is 2.28. The lowest BCUT2D eigenvalue weighted by molar-refractivity contribution is 0.190. The summed E-state index contributed by atoms with van der Waals surface area (Å²) in [5.41, 5.74) is 0. The molecule has 1 unspecified atom stereocenters. The SMILES string of the molecule is C1=CNC2CCCCCN2C1. The van der Waals surface area contributed by atoms with E-state index in [1.165, 1.54) is 32.2 Å². The summed E-state index contributed by atoms with van der Waals surface area (Å²) >= 11 is 0. The van der Waals surface area contributed by atoms with Gasteiger partial charge in [-0.05, 0) is 19.0 Å². The molecular formula is C9H16N2. The molecule has 1 N–H and O–H groups in total. The summed E-state index contributed by atoms with van der Waals surface area (Å²) in [7, 11) is 0. The van der Waals surface area contributed by atoms with Crippen LogP contribution in [0.3, 0.4) is 0 Å². The van der Waals surface area contributed by atoms with Gasteiger partial charge in [0.1, 0.15) is 0 Å². The van der Waals surface area contributed by atoms with E-state index in [1.54, 1.807) is 0 Å². The first-order valence-electron chi connectivity index (χ1n) is 4.62. The number of hydrogen-bond acceptors (Lipinski definition) is 2. The van der Waals surface area contributed by atoms with Crippen LogP contribution < -0.4 is 5.32 Å². The van der Waals surface area contributed by atoms with Gasteiger partial charge in [0.05, 0.1) is 6.17 Å². The van der Waals surface area contributed by atoms with Crippen molar-refractivity contribution in [2.24, 2.45) is 0 Å². The maximum atomic E-state index is 3.41. The highest BCUT2D eigenvalue weighted by Crippen LogP contribution is 2.16. The predicted octanol–water partition coefficient (Wildman–Crippen LogP) is 1.31. The smallest absolute Gasteiger partial charge is 0.0790 e. The van der Waals surface area contributed by atoms with Crippen LogP contribution in [0.5, 0.6) is 0 Å². The quantitative estimate of drug-likeness (QED) is 0.563. The van der Waals surface area contributed by atoms with E-state index in [9.17, 15) is 0 Å². The standard InChI is InChI=1S/C9H16N2/c1-2-5-9-10-6-4-8-11(9)7-3-1/h4,6,9-10H,1-3,5,7-8H2. The topological polar surface area (TPSA) is 15.3 Å². The van der Waals surface area contributed by atoms with Crippen LogP contribution >= 0.6 is 0 Å². The minimum Gasteiger partial charge on any atom is -0.376 e. The predicted molar refractivity (Wildman–Crippen MR) is 46.1 cm³/mol. The zero-order valence-corrected chi connectivity index (χ0v) is 6.92. The van der Waals surface area contributed by atoms with E-state index in [2.05, 4.69) is 22.5 Å². The number of rotatable bonds is 0. The molecule has 0 bridgehead atoms. The van der Waals surface area contributed by atoms with Crippen molar-refractivity contribution in [2.75, 3.05) is 13.1 Å². The molecule has 62 valence electrons. The van der Waals surface area contributed by atoms with Crippen LogP contribution in [0.2, 0.25) is 0 Å². The second-order valence-electron chi connectivity index (χ2n) is 3.43. The molecule has 1 atom stereocenters. The third kappa shape index (κ3) is 1.56. The maximum absolute atomic E-state index is 3.41. The fourth-order valence-electron chi connectivity index (χ4n) is 1.94. The van der Waals surface area contributed by atoms with Crippen LogP contribution in [-0.4, -0.2) is 24.2 Å². The van der Waals surface area contributed by atoms with E-state index in [0.29, 0.717) is 6.17 Å². The molecule has 0 aromatic carbocycles. The molecule has 0 aromatic rings. The third-order valence-corrected chi connectivity index (χ3v) is 2.61. The Bertz CT molecular complexity index is 138. The van der Waals surface area contributed by atoms with Crippen molar-refractivity contribution in [1.29, 1.82) is 0 Å². The summed E-state index contributed by atoms with van der Waals surface area (Å²) in [6.45, 7) is 2.43. The fourth-order valence-corrected chi connectivity index (χ4v) is 1.94. The third-order valence-electron chi connectivity index (χ3n) is 2.61. The highest BCUT2D eigenvalue weighted by molar-refractivity contribution is 4.93. The number of hydrogen-bond donors (Lipinski definition) is 1. The summed E-state index contributed by atoms with van der Waals surface area (Å²) in [4.78, 5) is 2.53. The van der Waals surface area contributed by atoms with Gasteiger partial charge in [0.2, 0.25) is 0 Å². The van der Waals surface area contributed by atoms with Gasteiger partial charge in [0, 0.05) is 13.1 Å². The van der Waals surface area contributed by atoms with Gasteiger partial charge < -0.3 is 5.32 Å². The number of nitrogens with one attached hydrogen (secondary N) is 1. The first-order chi connectivity index (χ1) is 5.47. The lowest BCUT2D eigenvalue weighted by Gasteiger charge is -2.31. The Morgan fingerprint density at radius 2 is 2.27 bits per heavy atom. The van der Waals surface area contributed by atoms with Crippen molar-refractivity contribution in [1.82, 2.24) is 10.2 Å². The van der Waals surface area contributed by atoms with Gasteiger partial charge >= 0.3 is 0 Å². The van der Waals surface area contributed by atoms with Gasteiger partial charge in [0.15, 0.2) is 0 Å². The number of nitrogens with zero attached hydrogens (tertiary/aromatic N) is 1. The van der Waals surface area contributed by atoms with Crippen LogP contribution in [0, 0.1) is 0 Å². The molecule has 2 aliphatic rings. The molecule has 1 fully saturated rings. The Labute approximate surface area is 68.3 Å². The summed E-state index contributed by atoms with van der Waals surface area (Å²) in [6.07, 6.45) is 10.5. The van der Waals surface area contributed by atoms with Gasteiger partial charge in [0.25, 0.3) is 0 Å². The Balaban J connectivity index is 2.00. The Morgan fingerprint density at radius 1 is 1.27 bits per heavy atom. The zero-order chi connectivity index (χ0) is 7.52. The van der Waals surface area contributed by atoms with Crippen molar-refractivity contribution in [3.05, 3.63) is 12.3 Å². The molecule has 2 heteroatoms. The molecule has 2 aliphatic heterocycles. The van der Waals surface area contributed by atoms with Crippen LogP contribution in [-0.2, 0) is 0 Å². The zero-order valence-electron chi connectivity index (χ0n) is 6.92. The van der Waals surface area contributed by atoms with Crippen LogP contribution in [0.1, 0.15) is 25.7 Å². The molecule has 0 saturated carbocycles. The molecule has 2 nitrogen and oxygen atoms in total. The summed E-state index contributed by atoms with van der Waals surface area (Å²) in [5, 5.41) is 3.41. The molecule has 11 heavy (non-hydrogen) atoms. The average molecular weight is 152 g/mol. The van der Waals surface area contributed by atoms with E-state index in [4.69, 9.17) is 0 Å². The first kappa shape index (κ1) is 7.17. The van der Waals surface area contributed by atoms with Crippen LogP contribution in [0.15, 0.2) is 12.3 Å². The lowest BCUT2D eigenvalue weighted by Crippen LogP contribution is -2.45. The molecule has 1 saturated heterocycles. The van der Waals surface area contributed by atoms with Gasteiger partial charge in [-0.15, -0.1) is 0 Å². The van der Waals surface area contributed by atoms with E-state index < -0.39 is 0 Å². The number of fused-ring (bicyclic) bond motifs is 1. The highest BCUT2D eigenvalue weighted by atomic mass is 15.3. The Morgan fingerprint density at radius 3 is 3.27 bits per heavy atom. The Kier molecular flexibility index (Phi) is 2.13. The lowest BCUT2D eigenvalue weighted by atomic mass is 10.2. The van der Waals surface area contributed by atoms with Gasteiger partial charge in [-0.3, -0.25) is 4.90 Å². The second kappa shape index (κ2) is 3.26. The largest absolute Gasteiger partial charge is 0.376 e. The fraction of sp³-hybridized carbons (Fsp3) is 0.778. The molecule has 0 radical (unpaired) electrons. The van der Waals surface area contributed by atoms with Crippen molar-refractivity contribution in [3.8, 4) is 0 Å². The van der Waals surface area contributed by atoms with Crippen LogP contribution in [0.4, 0.5) is 0 Å². The highest BCUT2D eigenvalue weighted by Gasteiger charge is 2.19. The van der Waals surface area contributed by atoms with Crippen molar-refractivity contribution in [3.63, 3.8) is 0 Å². The molecule has 0 aromatic heterocycles. The van der Waals surface area contributed by atoms with Gasteiger partial charge in [-0.1, -0.05) is 18.9 Å². The first-order valence-corrected chi connectivity index (χ1v) is 4.62. The van der Waals surface area contributed by atoms with Gasteiger partial charge in [-0.25, -0.2) is 0 Å². The minimum absolute atomic E-state index is 0.641. The van der Waals surface area contributed by atoms with Gasteiger partial charge in [-0.2, -0.15) is 0 Å². The summed E-state index contributed by atoms with van der Waals surface area (Å²) in [6, 6.07) is 0. The van der Waals surface area contributed by atoms with E-state index in [0.717, 1.165) is 6.54 Å². The van der Waals surface area contributed by atoms with E-state index in [-0.39, 0.29) is 0 Å². The molecule has 2 rings (SSSR count). The molecular weight excluding hydrogens is 136 g/mol. The molecule has 0 amide bonds. The normalized spacial score (nSPS) is 32.2. The molecule has 0 spiro atoms. The van der Waals surface area contributed by atoms with Crippen molar-refractivity contribution in [2.45, 2.75) is 31.8 Å². The minimum atomic E-state index is 0.641. The summed E-state index contributed by atoms with van der Waals surface area (Å²) < 4.78 is 0. The van der Waals surface area contributed by atoms with E-state index in [1.807, 2.05) is 0 Å². The van der Waals surface area contributed by atoms with E-state index >= 15 is 0 Å². The maximum Gasteiger partial charge on any atom is 0.0790 e. The Hall–Kier alpha value is -0.500. The molecule has 0 aliphatic carbocycles.